The Morgan fingerprint density at radius 2 is 1.93 bits per heavy atom. The molecule has 0 spiro atoms. The molecule has 0 saturated carbocycles. The standard InChI is InChI=1S/C11H12N2O/c14-9-7-10-6-8-13(12-10)11-4-2-1-3-5-11/h1-6,8,14H,7,9H2. The van der Waals surface area contributed by atoms with Gasteiger partial charge in [-0.15, -0.1) is 0 Å². The first-order valence-electron chi connectivity index (χ1n) is 4.61. The average molecular weight is 188 g/mol. The summed E-state index contributed by atoms with van der Waals surface area (Å²) in [5.41, 5.74) is 1.95. The van der Waals surface area contributed by atoms with E-state index in [0.29, 0.717) is 6.42 Å². The van der Waals surface area contributed by atoms with Crippen molar-refractivity contribution < 1.29 is 5.11 Å². The summed E-state index contributed by atoms with van der Waals surface area (Å²) in [5, 5.41) is 13.1. The smallest absolute Gasteiger partial charge is 0.0651 e. The van der Waals surface area contributed by atoms with E-state index >= 15 is 0 Å². The van der Waals surface area contributed by atoms with E-state index in [4.69, 9.17) is 5.11 Å². The normalized spacial score (nSPS) is 10.4. The molecule has 1 heterocycles. The zero-order chi connectivity index (χ0) is 9.80. The maximum Gasteiger partial charge on any atom is 0.0651 e. The van der Waals surface area contributed by atoms with Crippen molar-refractivity contribution in [2.45, 2.75) is 6.42 Å². The van der Waals surface area contributed by atoms with Crippen LogP contribution in [0.3, 0.4) is 0 Å². The second-order valence-electron chi connectivity index (χ2n) is 3.06. The van der Waals surface area contributed by atoms with Crippen LogP contribution < -0.4 is 0 Å². The molecule has 0 aliphatic heterocycles. The molecule has 0 saturated heterocycles. The monoisotopic (exact) mass is 188 g/mol. The molecule has 2 aromatic rings. The third kappa shape index (κ3) is 1.83. The second-order valence-corrected chi connectivity index (χ2v) is 3.06. The maximum absolute atomic E-state index is 8.75. The molecular weight excluding hydrogens is 176 g/mol. The van der Waals surface area contributed by atoms with Crippen molar-refractivity contribution in [2.24, 2.45) is 0 Å². The van der Waals surface area contributed by atoms with E-state index in [2.05, 4.69) is 5.10 Å². The number of hydrogen-bond donors (Lipinski definition) is 1. The zero-order valence-corrected chi connectivity index (χ0v) is 7.80. The predicted molar refractivity (Wildman–Crippen MR) is 54.4 cm³/mol. The van der Waals surface area contributed by atoms with Crippen molar-refractivity contribution in [3.05, 3.63) is 48.3 Å². The Kier molecular flexibility index (Phi) is 2.60. The molecule has 0 radical (unpaired) electrons. The second kappa shape index (κ2) is 4.07. The molecule has 0 atom stereocenters. The number of aliphatic hydroxyl groups is 1. The number of nitrogens with zero attached hydrogens (tertiary/aromatic N) is 2. The molecule has 2 rings (SSSR count). The highest BCUT2D eigenvalue weighted by Gasteiger charge is 1.99. The molecule has 3 nitrogen and oxygen atoms in total. The van der Waals surface area contributed by atoms with Crippen LogP contribution in [0.5, 0.6) is 0 Å². The fraction of sp³-hybridized carbons (Fsp3) is 0.182. The van der Waals surface area contributed by atoms with Gasteiger partial charge in [0, 0.05) is 19.2 Å². The van der Waals surface area contributed by atoms with Gasteiger partial charge in [0.2, 0.25) is 0 Å². The van der Waals surface area contributed by atoms with E-state index in [9.17, 15) is 0 Å². The van der Waals surface area contributed by atoms with Crippen LogP contribution in [0.25, 0.3) is 5.69 Å². The summed E-state index contributed by atoms with van der Waals surface area (Å²) in [6.45, 7) is 0.145. The van der Waals surface area contributed by atoms with Crippen LogP contribution in [0.1, 0.15) is 5.69 Å². The summed E-state index contributed by atoms with van der Waals surface area (Å²) < 4.78 is 1.81. The molecule has 3 heteroatoms. The molecule has 1 aromatic carbocycles. The van der Waals surface area contributed by atoms with E-state index in [1.807, 2.05) is 47.3 Å². The molecule has 1 N–H and O–H groups in total. The van der Waals surface area contributed by atoms with E-state index in [0.717, 1.165) is 11.4 Å². The Hall–Kier alpha value is -1.61. The van der Waals surface area contributed by atoms with Gasteiger partial charge in [0.25, 0.3) is 0 Å². The minimum absolute atomic E-state index is 0.145. The van der Waals surface area contributed by atoms with Gasteiger partial charge in [-0.25, -0.2) is 4.68 Å². The molecule has 0 aliphatic carbocycles. The molecule has 0 fully saturated rings. The van der Waals surface area contributed by atoms with Gasteiger partial charge >= 0.3 is 0 Å². The van der Waals surface area contributed by atoms with E-state index in [1.165, 1.54) is 0 Å². The van der Waals surface area contributed by atoms with Crippen LogP contribution >= 0.6 is 0 Å². The summed E-state index contributed by atoms with van der Waals surface area (Å²) in [4.78, 5) is 0. The highest BCUT2D eigenvalue weighted by molar-refractivity contribution is 5.30. The number of rotatable bonds is 3. The summed E-state index contributed by atoms with van der Waals surface area (Å²) in [6, 6.07) is 11.8. The van der Waals surface area contributed by atoms with Gasteiger partial charge in [0.1, 0.15) is 0 Å². The molecule has 0 aliphatic rings. The van der Waals surface area contributed by atoms with Crippen molar-refractivity contribution in [1.29, 1.82) is 0 Å². The number of aliphatic hydroxyl groups excluding tert-OH is 1. The fourth-order valence-corrected chi connectivity index (χ4v) is 1.33. The van der Waals surface area contributed by atoms with Gasteiger partial charge in [-0.2, -0.15) is 5.10 Å². The van der Waals surface area contributed by atoms with Crippen LogP contribution in [0, 0.1) is 0 Å². The first kappa shape index (κ1) is 8.97. The van der Waals surface area contributed by atoms with Gasteiger partial charge in [0.15, 0.2) is 0 Å². The van der Waals surface area contributed by atoms with Crippen LogP contribution in [0.4, 0.5) is 0 Å². The van der Waals surface area contributed by atoms with Crippen molar-refractivity contribution in [1.82, 2.24) is 9.78 Å². The van der Waals surface area contributed by atoms with Gasteiger partial charge in [-0.05, 0) is 18.2 Å². The summed E-state index contributed by atoms with van der Waals surface area (Å²) in [7, 11) is 0. The largest absolute Gasteiger partial charge is 0.396 e. The first-order chi connectivity index (χ1) is 6.90. The Balaban J connectivity index is 2.25. The molecule has 0 unspecified atom stereocenters. The number of benzene rings is 1. The zero-order valence-electron chi connectivity index (χ0n) is 7.80. The fourth-order valence-electron chi connectivity index (χ4n) is 1.33. The third-order valence-electron chi connectivity index (χ3n) is 2.03. The average Bonchev–Trinajstić information content (AvgIpc) is 2.68. The molecule has 0 amide bonds. The summed E-state index contributed by atoms with van der Waals surface area (Å²) in [6.07, 6.45) is 2.51. The van der Waals surface area contributed by atoms with Crippen molar-refractivity contribution in [3.63, 3.8) is 0 Å². The Morgan fingerprint density at radius 1 is 1.14 bits per heavy atom. The van der Waals surface area contributed by atoms with Crippen molar-refractivity contribution in [2.75, 3.05) is 6.61 Å². The van der Waals surface area contributed by atoms with Crippen LogP contribution in [-0.2, 0) is 6.42 Å². The van der Waals surface area contributed by atoms with Crippen LogP contribution in [0.2, 0.25) is 0 Å². The molecular formula is C11H12N2O. The van der Waals surface area contributed by atoms with Gasteiger partial charge in [0.05, 0.1) is 11.4 Å². The maximum atomic E-state index is 8.75. The van der Waals surface area contributed by atoms with Gasteiger partial charge < -0.3 is 5.11 Å². The lowest BCUT2D eigenvalue weighted by atomic mass is 10.3. The van der Waals surface area contributed by atoms with Gasteiger partial charge in [-0.3, -0.25) is 0 Å². The Bertz CT molecular complexity index is 395. The highest BCUT2D eigenvalue weighted by atomic mass is 16.3. The minimum Gasteiger partial charge on any atom is -0.396 e. The first-order valence-corrected chi connectivity index (χ1v) is 4.61. The summed E-state index contributed by atoms with van der Waals surface area (Å²) >= 11 is 0. The molecule has 14 heavy (non-hydrogen) atoms. The Labute approximate surface area is 82.6 Å². The third-order valence-corrected chi connectivity index (χ3v) is 2.03. The lowest BCUT2D eigenvalue weighted by Crippen LogP contribution is -1.97. The molecule has 72 valence electrons. The molecule has 0 bridgehead atoms. The number of aromatic nitrogens is 2. The number of para-hydroxylation sites is 1. The Morgan fingerprint density at radius 3 is 2.64 bits per heavy atom. The predicted octanol–water partition coefficient (Wildman–Crippen LogP) is 1.41. The highest BCUT2D eigenvalue weighted by Crippen LogP contribution is 2.06. The number of hydrogen-bond acceptors (Lipinski definition) is 2. The van der Waals surface area contributed by atoms with E-state index < -0.39 is 0 Å². The summed E-state index contributed by atoms with van der Waals surface area (Å²) in [5.74, 6) is 0. The molecule has 1 aromatic heterocycles. The van der Waals surface area contributed by atoms with Crippen LogP contribution in [0.15, 0.2) is 42.6 Å². The van der Waals surface area contributed by atoms with Crippen molar-refractivity contribution in [3.8, 4) is 5.69 Å². The van der Waals surface area contributed by atoms with Crippen LogP contribution in [-0.4, -0.2) is 21.5 Å². The minimum atomic E-state index is 0.145. The van der Waals surface area contributed by atoms with Gasteiger partial charge in [-0.1, -0.05) is 18.2 Å². The lowest BCUT2D eigenvalue weighted by Gasteiger charge is -1.99. The van der Waals surface area contributed by atoms with E-state index in [1.54, 1.807) is 0 Å². The van der Waals surface area contributed by atoms with Crippen molar-refractivity contribution >= 4 is 0 Å². The lowest BCUT2D eigenvalue weighted by molar-refractivity contribution is 0.298. The van der Waals surface area contributed by atoms with E-state index in [-0.39, 0.29) is 6.61 Å². The topological polar surface area (TPSA) is 38.0 Å². The SMILES string of the molecule is OCCc1ccn(-c2ccccc2)n1. The quantitative estimate of drug-likeness (QED) is 0.790.